The highest BCUT2D eigenvalue weighted by Crippen LogP contribution is 2.32. The van der Waals surface area contributed by atoms with Crippen molar-refractivity contribution in [2.75, 3.05) is 18.4 Å². The van der Waals surface area contributed by atoms with Crippen LogP contribution >= 0.6 is 23.2 Å². The lowest BCUT2D eigenvalue weighted by Gasteiger charge is -2.31. The van der Waals surface area contributed by atoms with E-state index in [4.69, 9.17) is 23.2 Å². The van der Waals surface area contributed by atoms with Gasteiger partial charge < -0.3 is 10.2 Å². The van der Waals surface area contributed by atoms with Crippen molar-refractivity contribution >= 4 is 40.8 Å². The number of hydrogen-bond donors (Lipinski definition) is 1. The van der Waals surface area contributed by atoms with Crippen molar-refractivity contribution in [3.63, 3.8) is 0 Å². The third kappa shape index (κ3) is 4.18. The maximum Gasteiger partial charge on any atom is 0.228 e. The number of anilines is 1. The Morgan fingerprint density at radius 3 is 2.54 bits per heavy atom. The Kier molecular flexibility index (Phi) is 5.60. The van der Waals surface area contributed by atoms with Crippen LogP contribution in [0, 0.1) is 11.8 Å². The summed E-state index contributed by atoms with van der Waals surface area (Å²) >= 11 is 12.3. The monoisotopic (exact) mass is 420 g/mol. The lowest BCUT2D eigenvalue weighted by atomic mass is 9.95. The van der Waals surface area contributed by atoms with Gasteiger partial charge in [0.1, 0.15) is 5.82 Å². The first-order valence-corrected chi connectivity index (χ1v) is 10.3. The highest BCUT2D eigenvalue weighted by atomic mass is 35.5. The van der Waals surface area contributed by atoms with Crippen LogP contribution in [0.1, 0.15) is 31.2 Å². The molecule has 8 heteroatoms. The Balaban J connectivity index is 1.36. The standard InChI is InChI=1S/C20H22Cl2N4O2/c21-16-3-1-2-15(18(16)22)12-26-17(6-9-23-26)24-19(27)13-7-10-25(11-8-13)20(28)14-4-5-14/h1-3,6,9,13-14H,4-5,7-8,10-12H2,(H,24,27). The summed E-state index contributed by atoms with van der Waals surface area (Å²) in [5.74, 6) is 0.990. The summed E-state index contributed by atoms with van der Waals surface area (Å²) in [5, 5.41) is 8.25. The molecule has 0 atom stereocenters. The van der Waals surface area contributed by atoms with Gasteiger partial charge in [0, 0.05) is 31.0 Å². The van der Waals surface area contributed by atoms with Gasteiger partial charge >= 0.3 is 0 Å². The third-order valence-corrected chi connectivity index (χ3v) is 6.28. The minimum atomic E-state index is -0.0960. The minimum absolute atomic E-state index is 0.0301. The first kappa shape index (κ1) is 19.3. The molecule has 1 N–H and O–H groups in total. The quantitative estimate of drug-likeness (QED) is 0.798. The fourth-order valence-electron chi connectivity index (χ4n) is 3.58. The number of amides is 2. The predicted molar refractivity (Wildman–Crippen MR) is 108 cm³/mol. The second-order valence-electron chi connectivity index (χ2n) is 7.45. The third-order valence-electron chi connectivity index (χ3n) is 5.42. The molecule has 2 fully saturated rings. The Morgan fingerprint density at radius 2 is 1.82 bits per heavy atom. The van der Waals surface area contributed by atoms with E-state index in [-0.39, 0.29) is 23.7 Å². The molecule has 6 nitrogen and oxygen atoms in total. The molecule has 2 aliphatic rings. The van der Waals surface area contributed by atoms with Gasteiger partial charge in [-0.1, -0.05) is 35.3 Å². The number of likely N-dealkylation sites (tertiary alicyclic amines) is 1. The molecular weight excluding hydrogens is 399 g/mol. The van der Waals surface area contributed by atoms with Gasteiger partial charge in [-0.2, -0.15) is 5.10 Å². The summed E-state index contributed by atoms with van der Waals surface area (Å²) in [6, 6.07) is 7.22. The van der Waals surface area contributed by atoms with Crippen LogP contribution in [0.15, 0.2) is 30.5 Å². The molecule has 1 saturated carbocycles. The van der Waals surface area contributed by atoms with E-state index < -0.39 is 0 Å². The van der Waals surface area contributed by atoms with Gasteiger partial charge in [-0.3, -0.25) is 9.59 Å². The molecule has 28 heavy (non-hydrogen) atoms. The number of nitrogens with zero attached hydrogens (tertiary/aromatic N) is 3. The number of benzene rings is 1. The maximum atomic E-state index is 12.7. The Morgan fingerprint density at radius 1 is 1.07 bits per heavy atom. The van der Waals surface area contributed by atoms with Gasteiger partial charge in [-0.25, -0.2) is 4.68 Å². The molecule has 0 spiro atoms. The summed E-state index contributed by atoms with van der Waals surface area (Å²) in [6.45, 7) is 1.73. The Labute approximate surface area is 173 Å². The number of aromatic nitrogens is 2. The van der Waals surface area contributed by atoms with Crippen molar-refractivity contribution in [3.8, 4) is 0 Å². The van der Waals surface area contributed by atoms with Gasteiger partial charge in [0.2, 0.25) is 11.8 Å². The van der Waals surface area contributed by atoms with Crippen LogP contribution in [0.4, 0.5) is 5.82 Å². The summed E-state index contributed by atoms with van der Waals surface area (Å²) in [7, 11) is 0. The lowest BCUT2D eigenvalue weighted by molar-refractivity contribution is -0.135. The van der Waals surface area contributed by atoms with Crippen LogP contribution in [-0.4, -0.2) is 39.6 Å². The summed E-state index contributed by atoms with van der Waals surface area (Å²) < 4.78 is 1.70. The van der Waals surface area contributed by atoms with Gasteiger partial charge in [0.25, 0.3) is 0 Å². The molecule has 1 aliphatic heterocycles. The van der Waals surface area contributed by atoms with Crippen LogP contribution in [-0.2, 0) is 16.1 Å². The van der Waals surface area contributed by atoms with Gasteiger partial charge in [-0.15, -0.1) is 0 Å². The summed E-state index contributed by atoms with van der Waals surface area (Å²) in [5.41, 5.74) is 0.834. The Bertz CT molecular complexity index is 886. The average molecular weight is 421 g/mol. The fourth-order valence-corrected chi connectivity index (χ4v) is 3.96. The van der Waals surface area contributed by atoms with E-state index in [9.17, 15) is 9.59 Å². The SMILES string of the molecule is O=C(Nc1ccnn1Cc1cccc(Cl)c1Cl)C1CCN(C(=O)C2CC2)CC1. The highest BCUT2D eigenvalue weighted by Gasteiger charge is 2.36. The van der Waals surface area contributed by atoms with Gasteiger partial charge in [0.05, 0.1) is 22.8 Å². The van der Waals surface area contributed by atoms with Crippen molar-refractivity contribution in [1.29, 1.82) is 0 Å². The van der Waals surface area contributed by atoms with E-state index in [1.807, 2.05) is 17.0 Å². The zero-order valence-electron chi connectivity index (χ0n) is 15.4. The van der Waals surface area contributed by atoms with Crippen molar-refractivity contribution in [2.24, 2.45) is 11.8 Å². The first-order chi connectivity index (χ1) is 13.5. The molecule has 148 valence electrons. The highest BCUT2D eigenvalue weighted by molar-refractivity contribution is 6.42. The zero-order chi connectivity index (χ0) is 19.7. The molecular formula is C20H22Cl2N4O2. The van der Waals surface area contributed by atoms with Crippen LogP contribution in [0.25, 0.3) is 0 Å². The molecule has 0 unspecified atom stereocenters. The molecule has 1 aliphatic carbocycles. The summed E-state index contributed by atoms with van der Waals surface area (Å²) in [4.78, 5) is 26.8. The van der Waals surface area contributed by atoms with Gasteiger partial charge in [0.15, 0.2) is 0 Å². The predicted octanol–water partition coefficient (Wildman–Crippen LogP) is 3.83. The number of nitrogens with one attached hydrogen (secondary N) is 1. The van der Waals surface area contributed by atoms with Crippen LogP contribution in [0.2, 0.25) is 10.0 Å². The van der Waals surface area contributed by atoms with E-state index in [1.54, 1.807) is 23.0 Å². The lowest BCUT2D eigenvalue weighted by Crippen LogP contribution is -2.42. The molecule has 2 amide bonds. The second-order valence-corrected chi connectivity index (χ2v) is 8.24. The Hall–Kier alpha value is -2.05. The van der Waals surface area contributed by atoms with Crippen molar-refractivity contribution in [1.82, 2.24) is 14.7 Å². The minimum Gasteiger partial charge on any atom is -0.342 e. The van der Waals surface area contributed by atoms with Crippen LogP contribution in [0.3, 0.4) is 0 Å². The summed E-state index contributed by atoms with van der Waals surface area (Å²) in [6.07, 6.45) is 5.06. The van der Waals surface area contributed by atoms with E-state index in [0.29, 0.717) is 48.3 Å². The number of hydrogen-bond acceptors (Lipinski definition) is 3. The van der Waals surface area contributed by atoms with E-state index in [2.05, 4.69) is 10.4 Å². The topological polar surface area (TPSA) is 67.2 Å². The van der Waals surface area contributed by atoms with E-state index >= 15 is 0 Å². The molecule has 0 bridgehead atoms. The van der Waals surface area contributed by atoms with Crippen molar-refractivity contribution < 1.29 is 9.59 Å². The number of halogens is 2. The number of carbonyl (C=O) groups is 2. The number of piperidine rings is 1. The van der Waals surface area contributed by atoms with Crippen molar-refractivity contribution in [2.45, 2.75) is 32.2 Å². The van der Waals surface area contributed by atoms with E-state index in [1.165, 1.54) is 0 Å². The van der Waals surface area contributed by atoms with Crippen molar-refractivity contribution in [3.05, 3.63) is 46.1 Å². The first-order valence-electron chi connectivity index (χ1n) is 9.57. The normalized spacial score (nSPS) is 17.6. The van der Waals surface area contributed by atoms with Crippen LogP contribution < -0.4 is 5.32 Å². The second kappa shape index (κ2) is 8.13. The molecule has 0 radical (unpaired) electrons. The molecule has 1 aromatic carbocycles. The molecule has 1 aromatic heterocycles. The number of rotatable bonds is 5. The molecule has 2 aromatic rings. The number of carbonyl (C=O) groups excluding carboxylic acids is 2. The largest absolute Gasteiger partial charge is 0.342 e. The average Bonchev–Trinajstić information content (AvgIpc) is 3.47. The molecule has 1 saturated heterocycles. The maximum absolute atomic E-state index is 12.7. The smallest absolute Gasteiger partial charge is 0.228 e. The van der Waals surface area contributed by atoms with E-state index in [0.717, 1.165) is 18.4 Å². The fraction of sp³-hybridized carbons (Fsp3) is 0.450. The van der Waals surface area contributed by atoms with Gasteiger partial charge in [-0.05, 0) is 37.3 Å². The zero-order valence-corrected chi connectivity index (χ0v) is 16.9. The van der Waals surface area contributed by atoms with Crippen LogP contribution in [0.5, 0.6) is 0 Å². The molecule has 4 rings (SSSR count). The molecule has 2 heterocycles.